The van der Waals surface area contributed by atoms with Gasteiger partial charge in [0.1, 0.15) is 0 Å². The van der Waals surface area contributed by atoms with E-state index in [0.717, 1.165) is 36.4 Å². The van der Waals surface area contributed by atoms with Gasteiger partial charge in [0.05, 0.1) is 16.1 Å². The second-order valence-electron chi connectivity index (χ2n) is 4.78. The van der Waals surface area contributed by atoms with Gasteiger partial charge in [0.25, 0.3) is 0 Å². The normalized spacial score (nSPS) is 10.5. The number of amides is 1. The van der Waals surface area contributed by atoms with E-state index in [0.29, 0.717) is 13.1 Å². The topological polar surface area (TPSA) is 68.0 Å². The number of nitrogens with zero attached hydrogens (tertiary/aromatic N) is 1. The summed E-state index contributed by atoms with van der Waals surface area (Å²) in [5, 5.41) is 6.22. The van der Waals surface area contributed by atoms with Crippen LogP contribution in [0.1, 0.15) is 44.3 Å². The van der Waals surface area contributed by atoms with Crippen molar-refractivity contribution in [2.24, 2.45) is 11.1 Å². The van der Waals surface area contributed by atoms with E-state index >= 15 is 0 Å². The number of hydrogen-bond acceptors (Lipinski definition) is 4. The van der Waals surface area contributed by atoms with Gasteiger partial charge < -0.3 is 11.1 Å². The molecule has 0 saturated carbocycles. The second-order valence-corrected chi connectivity index (χ2v) is 5.73. The summed E-state index contributed by atoms with van der Waals surface area (Å²) in [6, 6.07) is 0. The number of thiazole rings is 1. The van der Waals surface area contributed by atoms with Gasteiger partial charge in [-0.2, -0.15) is 0 Å². The number of aryl methyl sites for hydroxylation is 1. The third-order valence-electron chi connectivity index (χ3n) is 3.79. The lowest BCUT2D eigenvalue weighted by atomic mass is 9.81. The Labute approximate surface area is 144 Å². The van der Waals surface area contributed by atoms with Crippen LogP contribution in [0.4, 0.5) is 0 Å². The summed E-state index contributed by atoms with van der Waals surface area (Å²) in [7, 11) is 0. The minimum atomic E-state index is -0.406. The van der Waals surface area contributed by atoms with Crippen LogP contribution in [0.15, 0.2) is 5.38 Å². The monoisotopic (exact) mass is 355 g/mol. The number of nitrogens with two attached hydrogens (primary N) is 1. The third-order valence-corrected chi connectivity index (χ3v) is 4.84. The predicted octanol–water partition coefficient (Wildman–Crippen LogP) is 2.97. The van der Waals surface area contributed by atoms with Crippen LogP contribution < -0.4 is 11.1 Å². The Balaban J connectivity index is 0. The van der Waals surface area contributed by atoms with Crippen LogP contribution >= 0.6 is 36.2 Å². The SMILES string of the molecule is CCc1nc(CCNC(=O)C(CC)(CC)CN)cs1.Cl.Cl. The molecule has 1 aromatic heterocycles. The van der Waals surface area contributed by atoms with E-state index < -0.39 is 5.41 Å². The second kappa shape index (κ2) is 11.2. The fourth-order valence-corrected chi connectivity index (χ4v) is 2.85. The molecular formula is C14H27Cl2N3OS. The van der Waals surface area contributed by atoms with E-state index in [4.69, 9.17) is 5.73 Å². The van der Waals surface area contributed by atoms with Crippen molar-refractivity contribution in [2.75, 3.05) is 13.1 Å². The molecule has 0 bridgehead atoms. The quantitative estimate of drug-likeness (QED) is 0.752. The molecule has 4 nitrogen and oxygen atoms in total. The van der Waals surface area contributed by atoms with Crippen LogP contribution in [0.25, 0.3) is 0 Å². The standard InChI is InChI=1S/C14H25N3OS.2ClH/c1-4-12-17-11(9-19-12)7-8-16-13(18)14(5-2,6-3)10-15;;/h9H,4-8,10,15H2,1-3H3,(H,16,18);2*1H. The Bertz CT molecular complexity index is 400. The Morgan fingerprint density at radius 2 is 1.95 bits per heavy atom. The van der Waals surface area contributed by atoms with Crippen LogP contribution in [-0.4, -0.2) is 24.0 Å². The minimum Gasteiger partial charge on any atom is -0.355 e. The molecule has 0 spiro atoms. The fourth-order valence-electron chi connectivity index (χ4n) is 2.07. The first-order valence-corrected chi connectivity index (χ1v) is 7.91. The molecule has 3 N–H and O–H groups in total. The zero-order valence-corrected chi connectivity index (χ0v) is 15.4. The smallest absolute Gasteiger partial charge is 0.227 e. The van der Waals surface area contributed by atoms with Crippen molar-refractivity contribution < 1.29 is 4.79 Å². The summed E-state index contributed by atoms with van der Waals surface area (Å²) in [6.07, 6.45) is 3.32. The molecule has 0 unspecified atom stereocenters. The molecular weight excluding hydrogens is 329 g/mol. The molecule has 0 radical (unpaired) electrons. The van der Waals surface area contributed by atoms with E-state index in [-0.39, 0.29) is 30.7 Å². The average molecular weight is 356 g/mol. The van der Waals surface area contributed by atoms with Crippen molar-refractivity contribution in [3.8, 4) is 0 Å². The molecule has 0 aliphatic heterocycles. The number of nitrogens with one attached hydrogen (secondary N) is 1. The van der Waals surface area contributed by atoms with Gasteiger partial charge in [0, 0.05) is 24.9 Å². The Morgan fingerprint density at radius 3 is 2.38 bits per heavy atom. The highest BCUT2D eigenvalue weighted by atomic mass is 35.5. The van der Waals surface area contributed by atoms with Gasteiger partial charge in [-0.15, -0.1) is 36.2 Å². The largest absolute Gasteiger partial charge is 0.355 e. The van der Waals surface area contributed by atoms with Crippen molar-refractivity contribution in [3.05, 3.63) is 16.1 Å². The van der Waals surface area contributed by atoms with Gasteiger partial charge >= 0.3 is 0 Å². The van der Waals surface area contributed by atoms with Crippen molar-refractivity contribution >= 4 is 42.1 Å². The van der Waals surface area contributed by atoms with Crippen molar-refractivity contribution in [1.82, 2.24) is 10.3 Å². The maximum absolute atomic E-state index is 12.2. The summed E-state index contributed by atoms with van der Waals surface area (Å²) in [6.45, 7) is 7.17. The number of carbonyl (C=O) groups is 1. The first kappa shape index (κ1) is 22.9. The maximum atomic E-state index is 12.2. The van der Waals surface area contributed by atoms with Gasteiger partial charge in [-0.25, -0.2) is 4.98 Å². The summed E-state index contributed by atoms with van der Waals surface area (Å²) >= 11 is 1.68. The molecule has 0 atom stereocenters. The van der Waals surface area contributed by atoms with E-state index in [1.54, 1.807) is 11.3 Å². The highest BCUT2D eigenvalue weighted by Crippen LogP contribution is 2.24. The molecule has 0 aliphatic rings. The fraction of sp³-hybridized carbons (Fsp3) is 0.714. The number of rotatable bonds is 8. The summed E-state index contributed by atoms with van der Waals surface area (Å²) in [5.41, 5.74) is 6.42. The molecule has 0 aliphatic carbocycles. The van der Waals surface area contributed by atoms with E-state index in [1.807, 2.05) is 13.8 Å². The van der Waals surface area contributed by atoms with Gasteiger partial charge in [0.15, 0.2) is 0 Å². The third kappa shape index (κ3) is 6.10. The van der Waals surface area contributed by atoms with Crippen molar-refractivity contribution in [3.63, 3.8) is 0 Å². The summed E-state index contributed by atoms with van der Waals surface area (Å²) in [5.74, 6) is 0.0749. The molecule has 0 saturated heterocycles. The molecule has 21 heavy (non-hydrogen) atoms. The zero-order valence-electron chi connectivity index (χ0n) is 13.0. The molecule has 124 valence electrons. The predicted molar refractivity (Wildman–Crippen MR) is 94.8 cm³/mol. The van der Waals surface area contributed by atoms with Gasteiger partial charge in [-0.1, -0.05) is 20.8 Å². The van der Waals surface area contributed by atoms with Crippen LogP contribution in [0.5, 0.6) is 0 Å². The van der Waals surface area contributed by atoms with E-state index in [1.165, 1.54) is 0 Å². The maximum Gasteiger partial charge on any atom is 0.227 e. The van der Waals surface area contributed by atoms with Crippen LogP contribution in [0, 0.1) is 5.41 Å². The molecule has 1 aromatic rings. The van der Waals surface area contributed by atoms with Gasteiger partial charge in [-0.05, 0) is 19.3 Å². The first-order valence-electron chi connectivity index (χ1n) is 7.03. The Hall–Kier alpha value is -0.360. The van der Waals surface area contributed by atoms with E-state index in [9.17, 15) is 4.79 Å². The lowest BCUT2D eigenvalue weighted by Gasteiger charge is -2.28. The Morgan fingerprint density at radius 1 is 1.33 bits per heavy atom. The summed E-state index contributed by atoms with van der Waals surface area (Å²) < 4.78 is 0. The van der Waals surface area contributed by atoms with Crippen molar-refractivity contribution in [1.29, 1.82) is 0 Å². The molecule has 0 aromatic carbocycles. The van der Waals surface area contributed by atoms with Crippen LogP contribution in [-0.2, 0) is 17.6 Å². The zero-order chi connectivity index (χ0) is 14.3. The van der Waals surface area contributed by atoms with E-state index in [2.05, 4.69) is 22.6 Å². The van der Waals surface area contributed by atoms with Gasteiger partial charge in [-0.3, -0.25) is 4.79 Å². The molecule has 7 heteroatoms. The number of aromatic nitrogens is 1. The first-order chi connectivity index (χ1) is 9.11. The number of halogens is 2. The lowest BCUT2D eigenvalue weighted by Crippen LogP contribution is -2.45. The number of hydrogen-bond donors (Lipinski definition) is 2. The molecule has 1 rings (SSSR count). The highest BCUT2D eigenvalue weighted by molar-refractivity contribution is 7.09. The minimum absolute atomic E-state index is 0. The van der Waals surface area contributed by atoms with Crippen LogP contribution in [0.2, 0.25) is 0 Å². The lowest BCUT2D eigenvalue weighted by molar-refractivity contribution is -0.131. The van der Waals surface area contributed by atoms with Crippen LogP contribution in [0.3, 0.4) is 0 Å². The number of carbonyl (C=O) groups excluding carboxylic acids is 1. The van der Waals surface area contributed by atoms with Crippen molar-refractivity contribution in [2.45, 2.75) is 46.5 Å². The molecule has 1 amide bonds. The van der Waals surface area contributed by atoms with Gasteiger partial charge in [0.2, 0.25) is 5.91 Å². The summed E-state index contributed by atoms with van der Waals surface area (Å²) in [4.78, 5) is 16.7. The highest BCUT2D eigenvalue weighted by Gasteiger charge is 2.32. The molecule has 1 heterocycles. The Kier molecular flexibility index (Phi) is 12.3. The molecule has 0 fully saturated rings. The average Bonchev–Trinajstić information content (AvgIpc) is 2.89.